The van der Waals surface area contributed by atoms with Gasteiger partial charge in [-0.05, 0) is 37.1 Å². The fraction of sp³-hybridized carbons (Fsp3) is 0.500. The predicted octanol–water partition coefficient (Wildman–Crippen LogP) is 1.74. The van der Waals surface area contributed by atoms with Gasteiger partial charge in [0, 0.05) is 32.0 Å². The van der Waals surface area contributed by atoms with E-state index in [1.165, 1.54) is 0 Å². The van der Waals surface area contributed by atoms with Gasteiger partial charge in [-0.25, -0.2) is 4.79 Å². The Labute approximate surface area is 113 Å². The van der Waals surface area contributed by atoms with E-state index >= 15 is 0 Å². The lowest BCUT2D eigenvalue weighted by Crippen LogP contribution is -2.40. The smallest absolute Gasteiger partial charge is 0.322 e. The maximum atomic E-state index is 12.1. The van der Waals surface area contributed by atoms with Crippen LogP contribution < -0.4 is 10.2 Å². The molecule has 2 N–H and O–H groups in total. The lowest BCUT2D eigenvalue weighted by atomic mass is 10.2. The second-order valence-electron chi connectivity index (χ2n) is 5.04. The Morgan fingerprint density at radius 2 is 2.11 bits per heavy atom. The van der Waals surface area contributed by atoms with E-state index in [4.69, 9.17) is 0 Å². The first-order valence-electron chi connectivity index (χ1n) is 6.57. The molecule has 19 heavy (non-hydrogen) atoms. The number of urea groups is 1. The first-order chi connectivity index (χ1) is 9.11. The Hall–Kier alpha value is -1.75. The van der Waals surface area contributed by atoms with E-state index in [9.17, 15) is 9.90 Å². The summed E-state index contributed by atoms with van der Waals surface area (Å²) in [6, 6.07) is 7.52. The van der Waals surface area contributed by atoms with Crippen LogP contribution in [0.5, 0.6) is 0 Å². The quantitative estimate of drug-likeness (QED) is 0.873. The molecule has 0 bridgehead atoms. The van der Waals surface area contributed by atoms with E-state index in [0.717, 1.165) is 24.2 Å². The molecule has 2 amide bonds. The highest BCUT2D eigenvalue weighted by Gasteiger charge is 2.27. The second-order valence-corrected chi connectivity index (χ2v) is 5.04. The molecule has 0 aliphatic carbocycles. The number of hydrogen-bond acceptors (Lipinski definition) is 3. The Balaban J connectivity index is 1.98. The van der Waals surface area contributed by atoms with Gasteiger partial charge in [-0.3, -0.25) is 0 Å². The van der Waals surface area contributed by atoms with Crippen LogP contribution in [0.15, 0.2) is 24.3 Å². The van der Waals surface area contributed by atoms with E-state index in [1.54, 1.807) is 4.90 Å². The number of anilines is 2. The first-order valence-corrected chi connectivity index (χ1v) is 6.57. The van der Waals surface area contributed by atoms with Crippen LogP contribution in [0.25, 0.3) is 0 Å². The van der Waals surface area contributed by atoms with Gasteiger partial charge in [0.1, 0.15) is 0 Å². The van der Waals surface area contributed by atoms with Crippen LogP contribution in [0.1, 0.15) is 12.8 Å². The van der Waals surface area contributed by atoms with Crippen molar-refractivity contribution in [3.8, 4) is 0 Å². The summed E-state index contributed by atoms with van der Waals surface area (Å²) in [7, 11) is 3.95. The molecular weight excluding hydrogens is 242 g/mol. The zero-order valence-electron chi connectivity index (χ0n) is 11.5. The van der Waals surface area contributed by atoms with E-state index in [1.807, 2.05) is 43.3 Å². The monoisotopic (exact) mass is 263 g/mol. The zero-order chi connectivity index (χ0) is 13.8. The van der Waals surface area contributed by atoms with Crippen molar-refractivity contribution in [2.75, 3.05) is 37.5 Å². The van der Waals surface area contributed by atoms with Gasteiger partial charge < -0.3 is 20.2 Å². The minimum atomic E-state index is -0.130. The number of benzene rings is 1. The summed E-state index contributed by atoms with van der Waals surface area (Å²) in [6.45, 7) is 0.750. The minimum Gasteiger partial charge on any atom is -0.394 e. The van der Waals surface area contributed by atoms with Gasteiger partial charge in [0.05, 0.1) is 12.6 Å². The summed E-state index contributed by atoms with van der Waals surface area (Å²) in [6.07, 6.45) is 1.84. The Morgan fingerprint density at radius 1 is 1.42 bits per heavy atom. The van der Waals surface area contributed by atoms with Crippen molar-refractivity contribution in [2.45, 2.75) is 18.9 Å². The average Bonchev–Trinajstić information content (AvgIpc) is 2.87. The Kier molecular flexibility index (Phi) is 4.27. The van der Waals surface area contributed by atoms with E-state index < -0.39 is 0 Å². The molecule has 1 fully saturated rings. The highest BCUT2D eigenvalue weighted by molar-refractivity contribution is 5.89. The molecule has 5 nitrogen and oxygen atoms in total. The van der Waals surface area contributed by atoms with Crippen molar-refractivity contribution in [1.82, 2.24) is 4.90 Å². The molecule has 0 saturated carbocycles. The molecule has 1 aromatic rings. The van der Waals surface area contributed by atoms with Gasteiger partial charge in [-0.1, -0.05) is 0 Å². The summed E-state index contributed by atoms with van der Waals surface area (Å²) in [5, 5.41) is 12.1. The second kappa shape index (κ2) is 5.93. The van der Waals surface area contributed by atoms with Crippen molar-refractivity contribution in [3.05, 3.63) is 24.3 Å². The standard InChI is InChI=1S/C14H21N3O2/c1-16(2)12-7-5-11(6-8-12)15-14(19)17-9-3-4-13(17)10-18/h5-8,13,18H,3-4,9-10H2,1-2H3,(H,15,19)/t13-/m1/s1. The summed E-state index contributed by atoms with van der Waals surface area (Å²) in [5.74, 6) is 0. The normalized spacial score (nSPS) is 18.5. The van der Waals surface area contributed by atoms with Crippen molar-refractivity contribution in [3.63, 3.8) is 0 Å². The number of carbonyl (C=O) groups excluding carboxylic acids is 1. The third kappa shape index (κ3) is 3.17. The van der Waals surface area contributed by atoms with Gasteiger partial charge in [0.25, 0.3) is 0 Å². The summed E-state index contributed by atoms with van der Waals surface area (Å²) < 4.78 is 0. The molecular formula is C14H21N3O2. The van der Waals surface area contributed by atoms with Crippen LogP contribution in [-0.4, -0.2) is 49.3 Å². The van der Waals surface area contributed by atoms with Gasteiger partial charge in [-0.2, -0.15) is 0 Å². The van der Waals surface area contributed by atoms with Gasteiger partial charge in [-0.15, -0.1) is 0 Å². The number of hydrogen-bond donors (Lipinski definition) is 2. The van der Waals surface area contributed by atoms with Crippen LogP contribution in [0.2, 0.25) is 0 Å². The molecule has 1 heterocycles. The molecule has 2 rings (SSSR count). The van der Waals surface area contributed by atoms with E-state index in [-0.39, 0.29) is 18.7 Å². The number of nitrogens with zero attached hydrogens (tertiary/aromatic N) is 2. The molecule has 1 atom stereocenters. The molecule has 1 saturated heterocycles. The SMILES string of the molecule is CN(C)c1ccc(NC(=O)N2CCC[C@@H]2CO)cc1. The number of aliphatic hydroxyl groups excluding tert-OH is 1. The lowest BCUT2D eigenvalue weighted by Gasteiger charge is -2.23. The number of aliphatic hydroxyl groups is 1. The molecule has 0 radical (unpaired) electrons. The lowest BCUT2D eigenvalue weighted by molar-refractivity contribution is 0.166. The van der Waals surface area contributed by atoms with Crippen molar-refractivity contribution >= 4 is 17.4 Å². The first kappa shape index (κ1) is 13.7. The minimum absolute atomic E-state index is 0.0347. The number of amides is 2. The number of carbonyl (C=O) groups is 1. The number of rotatable bonds is 3. The van der Waals surface area contributed by atoms with Crippen LogP contribution in [0, 0.1) is 0 Å². The molecule has 0 aromatic heterocycles. The summed E-state index contributed by atoms with van der Waals surface area (Å²) >= 11 is 0. The maximum absolute atomic E-state index is 12.1. The fourth-order valence-corrected chi connectivity index (χ4v) is 2.33. The van der Waals surface area contributed by atoms with Crippen LogP contribution in [-0.2, 0) is 0 Å². The van der Waals surface area contributed by atoms with E-state index in [2.05, 4.69) is 5.32 Å². The molecule has 0 unspecified atom stereocenters. The molecule has 1 aliphatic rings. The van der Waals surface area contributed by atoms with Gasteiger partial charge in [0.2, 0.25) is 0 Å². The number of nitrogens with one attached hydrogen (secondary N) is 1. The van der Waals surface area contributed by atoms with Crippen molar-refractivity contribution in [1.29, 1.82) is 0 Å². The van der Waals surface area contributed by atoms with Crippen molar-refractivity contribution < 1.29 is 9.90 Å². The zero-order valence-corrected chi connectivity index (χ0v) is 11.5. The third-order valence-electron chi connectivity index (χ3n) is 3.48. The van der Waals surface area contributed by atoms with Crippen LogP contribution in [0.3, 0.4) is 0 Å². The highest BCUT2D eigenvalue weighted by Crippen LogP contribution is 2.20. The molecule has 104 valence electrons. The fourth-order valence-electron chi connectivity index (χ4n) is 2.33. The topological polar surface area (TPSA) is 55.8 Å². The molecule has 1 aromatic carbocycles. The van der Waals surface area contributed by atoms with E-state index in [0.29, 0.717) is 6.54 Å². The van der Waals surface area contributed by atoms with Crippen LogP contribution >= 0.6 is 0 Å². The maximum Gasteiger partial charge on any atom is 0.322 e. The van der Waals surface area contributed by atoms with Crippen LogP contribution in [0.4, 0.5) is 16.2 Å². The van der Waals surface area contributed by atoms with Gasteiger partial charge in [0.15, 0.2) is 0 Å². The molecule has 5 heteroatoms. The largest absolute Gasteiger partial charge is 0.394 e. The number of likely N-dealkylation sites (tertiary alicyclic amines) is 1. The third-order valence-corrected chi connectivity index (χ3v) is 3.48. The highest BCUT2D eigenvalue weighted by atomic mass is 16.3. The molecule has 1 aliphatic heterocycles. The summed E-state index contributed by atoms with van der Waals surface area (Å²) in [5.41, 5.74) is 1.87. The summed E-state index contributed by atoms with van der Waals surface area (Å²) in [4.78, 5) is 15.8. The van der Waals surface area contributed by atoms with Crippen molar-refractivity contribution in [2.24, 2.45) is 0 Å². The van der Waals surface area contributed by atoms with Gasteiger partial charge >= 0.3 is 6.03 Å². The molecule has 0 spiro atoms. The Bertz CT molecular complexity index is 431. The Morgan fingerprint density at radius 3 is 2.68 bits per heavy atom. The predicted molar refractivity (Wildman–Crippen MR) is 76.6 cm³/mol. The average molecular weight is 263 g/mol.